The van der Waals surface area contributed by atoms with E-state index in [0.717, 1.165) is 39.3 Å². The maximum absolute atomic E-state index is 11.1. The molecule has 6 heteroatoms. The largest absolute Gasteiger partial charge is 0.493 e. The molecule has 1 aromatic carbocycles. The third-order valence-corrected chi connectivity index (χ3v) is 3.37. The van der Waals surface area contributed by atoms with Gasteiger partial charge in [-0.1, -0.05) is 11.6 Å². The summed E-state index contributed by atoms with van der Waals surface area (Å²) in [5, 5.41) is 0.449. The highest BCUT2D eigenvalue weighted by atomic mass is 35.5. The summed E-state index contributed by atoms with van der Waals surface area (Å²) in [4.78, 5) is 13.5. The van der Waals surface area contributed by atoms with Crippen molar-refractivity contribution in [2.24, 2.45) is 5.73 Å². The first kappa shape index (κ1) is 15.1. The Morgan fingerprint density at radius 3 is 2.80 bits per heavy atom. The fourth-order valence-electron chi connectivity index (χ4n) is 2.09. The van der Waals surface area contributed by atoms with Crippen molar-refractivity contribution in [2.75, 3.05) is 39.5 Å². The molecule has 0 bridgehead atoms. The summed E-state index contributed by atoms with van der Waals surface area (Å²) in [5.74, 6) is 0.0685. The fraction of sp³-hybridized carbons (Fsp3) is 0.500. The molecule has 1 amide bonds. The van der Waals surface area contributed by atoms with Crippen LogP contribution in [0.2, 0.25) is 5.02 Å². The van der Waals surface area contributed by atoms with E-state index in [-0.39, 0.29) is 0 Å². The summed E-state index contributed by atoms with van der Waals surface area (Å²) in [6, 6.07) is 4.83. The van der Waals surface area contributed by atoms with Gasteiger partial charge in [-0.25, -0.2) is 0 Å². The summed E-state index contributed by atoms with van der Waals surface area (Å²) in [5.41, 5.74) is 5.59. The minimum atomic E-state index is -0.509. The van der Waals surface area contributed by atoms with Crippen molar-refractivity contribution in [1.82, 2.24) is 4.90 Å². The Kier molecular flexibility index (Phi) is 5.64. The number of carbonyl (C=O) groups excluding carboxylic acids is 1. The number of benzene rings is 1. The van der Waals surface area contributed by atoms with E-state index in [1.54, 1.807) is 12.1 Å². The molecule has 1 fully saturated rings. The van der Waals surface area contributed by atoms with Gasteiger partial charge in [0.1, 0.15) is 5.75 Å². The van der Waals surface area contributed by atoms with Crippen molar-refractivity contribution in [3.8, 4) is 5.75 Å². The van der Waals surface area contributed by atoms with Crippen LogP contribution in [0.15, 0.2) is 18.2 Å². The first-order chi connectivity index (χ1) is 9.65. The van der Waals surface area contributed by atoms with Crippen molar-refractivity contribution in [1.29, 1.82) is 0 Å². The summed E-state index contributed by atoms with van der Waals surface area (Å²) in [6.07, 6.45) is 0.915. The lowest BCUT2D eigenvalue weighted by Gasteiger charge is -2.26. The van der Waals surface area contributed by atoms with Crippen LogP contribution in [0.1, 0.15) is 16.8 Å². The third-order valence-electron chi connectivity index (χ3n) is 3.15. The highest BCUT2D eigenvalue weighted by molar-refractivity contribution is 6.31. The molecule has 0 atom stereocenters. The van der Waals surface area contributed by atoms with E-state index in [1.807, 2.05) is 0 Å². The summed E-state index contributed by atoms with van der Waals surface area (Å²) in [7, 11) is 0. The normalized spacial score (nSPS) is 16.1. The molecule has 110 valence electrons. The van der Waals surface area contributed by atoms with Gasteiger partial charge in [-0.15, -0.1) is 0 Å². The van der Waals surface area contributed by atoms with E-state index < -0.39 is 5.91 Å². The van der Waals surface area contributed by atoms with E-state index in [1.165, 1.54) is 6.07 Å². The number of nitrogens with zero attached hydrogens (tertiary/aromatic N) is 1. The number of morpholine rings is 1. The average Bonchev–Trinajstić information content (AvgIpc) is 2.44. The topological polar surface area (TPSA) is 64.8 Å². The molecular formula is C14H19ClN2O3. The van der Waals surface area contributed by atoms with Crippen LogP contribution in [0.4, 0.5) is 0 Å². The Labute approximate surface area is 123 Å². The number of hydrogen-bond donors (Lipinski definition) is 1. The van der Waals surface area contributed by atoms with Gasteiger partial charge in [0.15, 0.2) is 0 Å². The lowest BCUT2D eigenvalue weighted by molar-refractivity contribution is 0.0358. The molecule has 1 aliphatic heterocycles. The lowest BCUT2D eigenvalue weighted by atomic mass is 10.2. The van der Waals surface area contributed by atoms with Crippen LogP contribution < -0.4 is 10.5 Å². The van der Waals surface area contributed by atoms with Gasteiger partial charge in [-0.2, -0.15) is 0 Å². The first-order valence-electron chi connectivity index (χ1n) is 6.68. The minimum Gasteiger partial charge on any atom is -0.493 e. The fourth-order valence-corrected chi connectivity index (χ4v) is 2.32. The van der Waals surface area contributed by atoms with Gasteiger partial charge in [0, 0.05) is 30.2 Å². The molecule has 20 heavy (non-hydrogen) atoms. The predicted octanol–water partition coefficient (Wildman–Crippen LogP) is 1.54. The van der Waals surface area contributed by atoms with Gasteiger partial charge in [0.2, 0.25) is 5.91 Å². The number of halogens is 1. The Morgan fingerprint density at radius 2 is 2.10 bits per heavy atom. The molecule has 0 unspecified atom stereocenters. The summed E-state index contributed by atoms with van der Waals surface area (Å²) < 4.78 is 10.9. The van der Waals surface area contributed by atoms with Crippen molar-refractivity contribution >= 4 is 17.5 Å². The zero-order valence-corrected chi connectivity index (χ0v) is 12.1. The standard InChI is InChI=1S/C14H19ClN2O3/c15-12-8-11(14(16)18)9-13(10-12)20-5-1-2-17-3-6-19-7-4-17/h8-10H,1-7H2,(H2,16,18). The molecule has 0 saturated carbocycles. The van der Waals surface area contributed by atoms with Gasteiger partial charge in [0.05, 0.1) is 19.8 Å². The van der Waals surface area contributed by atoms with Gasteiger partial charge < -0.3 is 15.2 Å². The number of primary amides is 1. The quantitative estimate of drug-likeness (QED) is 0.809. The van der Waals surface area contributed by atoms with Crippen LogP contribution in [-0.4, -0.2) is 50.3 Å². The predicted molar refractivity (Wildman–Crippen MR) is 77.3 cm³/mol. The van der Waals surface area contributed by atoms with Crippen LogP contribution in [0.3, 0.4) is 0 Å². The molecule has 0 spiro atoms. The van der Waals surface area contributed by atoms with E-state index in [0.29, 0.717) is 22.9 Å². The van der Waals surface area contributed by atoms with Crippen molar-refractivity contribution < 1.29 is 14.3 Å². The molecule has 5 nitrogen and oxygen atoms in total. The Bertz CT molecular complexity index is 462. The third kappa shape index (κ3) is 4.67. The molecule has 2 N–H and O–H groups in total. The van der Waals surface area contributed by atoms with E-state index in [9.17, 15) is 4.79 Å². The summed E-state index contributed by atoms with van der Waals surface area (Å²) in [6.45, 7) is 5.11. The van der Waals surface area contributed by atoms with Crippen molar-refractivity contribution in [2.45, 2.75) is 6.42 Å². The highest BCUT2D eigenvalue weighted by Crippen LogP contribution is 2.21. The second-order valence-corrected chi connectivity index (χ2v) is 5.13. The zero-order valence-electron chi connectivity index (χ0n) is 11.3. The van der Waals surface area contributed by atoms with Gasteiger partial charge in [-0.05, 0) is 24.6 Å². The van der Waals surface area contributed by atoms with Crippen molar-refractivity contribution in [3.05, 3.63) is 28.8 Å². The van der Waals surface area contributed by atoms with Crippen LogP contribution >= 0.6 is 11.6 Å². The van der Waals surface area contributed by atoms with Crippen LogP contribution in [0, 0.1) is 0 Å². The molecular weight excluding hydrogens is 280 g/mol. The number of rotatable bonds is 6. The number of ether oxygens (including phenoxy) is 2. The molecule has 0 radical (unpaired) electrons. The molecule has 0 aliphatic carbocycles. The molecule has 2 rings (SSSR count). The molecule has 0 aromatic heterocycles. The Morgan fingerprint density at radius 1 is 1.35 bits per heavy atom. The van der Waals surface area contributed by atoms with Crippen LogP contribution in [0.5, 0.6) is 5.75 Å². The number of carbonyl (C=O) groups is 1. The van der Waals surface area contributed by atoms with Gasteiger partial charge >= 0.3 is 0 Å². The molecule has 1 aliphatic rings. The van der Waals surface area contributed by atoms with Gasteiger partial charge in [0.25, 0.3) is 0 Å². The second-order valence-electron chi connectivity index (χ2n) is 4.70. The maximum atomic E-state index is 11.1. The zero-order chi connectivity index (χ0) is 14.4. The second kappa shape index (κ2) is 7.47. The highest BCUT2D eigenvalue weighted by Gasteiger charge is 2.10. The lowest BCUT2D eigenvalue weighted by Crippen LogP contribution is -2.37. The smallest absolute Gasteiger partial charge is 0.248 e. The maximum Gasteiger partial charge on any atom is 0.248 e. The van der Waals surface area contributed by atoms with E-state index in [2.05, 4.69) is 4.90 Å². The van der Waals surface area contributed by atoms with Crippen LogP contribution in [0.25, 0.3) is 0 Å². The molecule has 1 aromatic rings. The van der Waals surface area contributed by atoms with E-state index >= 15 is 0 Å². The average molecular weight is 299 g/mol. The Hall–Kier alpha value is -1.30. The SMILES string of the molecule is NC(=O)c1cc(Cl)cc(OCCCN2CCOCC2)c1. The molecule has 1 saturated heterocycles. The van der Waals surface area contributed by atoms with Crippen molar-refractivity contribution in [3.63, 3.8) is 0 Å². The summed E-state index contributed by atoms with van der Waals surface area (Å²) >= 11 is 5.92. The van der Waals surface area contributed by atoms with E-state index in [4.69, 9.17) is 26.8 Å². The molecule has 1 heterocycles. The first-order valence-corrected chi connectivity index (χ1v) is 7.06. The number of hydrogen-bond acceptors (Lipinski definition) is 4. The number of nitrogens with two attached hydrogens (primary N) is 1. The van der Waals surface area contributed by atoms with Crippen LogP contribution in [-0.2, 0) is 4.74 Å². The minimum absolute atomic E-state index is 0.362. The monoisotopic (exact) mass is 298 g/mol. The number of amides is 1. The Balaban J connectivity index is 1.77. The van der Waals surface area contributed by atoms with Gasteiger partial charge in [-0.3, -0.25) is 9.69 Å².